The largest absolute Gasteiger partial charge is 0.490 e. The second-order valence-corrected chi connectivity index (χ2v) is 9.88. The number of carbonyl (C=O) groups is 1. The number of nitrogens with one attached hydrogen (secondary N) is 1. The van der Waals surface area contributed by atoms with E-state index in [2.05, 4.69) is 10.2 Å². The van der Waals surface area contributed by atoms with E-state index in [1.807, 2.05) is 25.7 Å². The van der Waals surface area contributed by atoms with E-state index < -0.39 is 16.3 Å². The molecule has 1 aliphatic heterocycles. The molecule has 0 unspecified atom stereocenters. The van der Waals surface area contributed by atoms with E-state index in [0.717, 1.165) is 51.4 Å². The first-order valence-corrected chi connectivity index (χ1v) is 11.5. The number of nitrogens with zero attached hydrogens (tertiary/aromatic N) is 3. The summed E-state index contributed by atoms with van der Waals surface area (Å²) in [5.41, 5.74) is -0.522. The predicted molar refractivity (Wildman–Crippen MR) is 123 cm³/mol. The lowest BCUT2D eigenvalue weighted by Crippen LogP contribution is -2.49. The molecule has 1 saturated heterocycles. The van der Waals surface area contributed by atoms with Crippen molar-refractivity contribution in [1.29, 1.82) is 0 Å². The third-order valence-corrected chi connectivity index (χ3v) is 6.24. The smallest absolute Gasteiger partial charge is 0.407 e. The Labute approximate surface area is 194 Å². The van der Waals surface area contributed by atoms with Crippen molar-refractivity contribution >= 4 is 17.5 Å². The molecule has 2 aliphatic rings. The lowest BCUT2D eigenvalue weighted by atomic mass is 9.85. The highest BCUT2D eigenvalue weighted by atomic mass is 19.1. The van der Waals surface area contributed by atoms with Gasteiger partial charge in [0.25, 0.3) is 0 Å². The van der Waals surface area contributed by atoms with Crippen molar-refractivity contribution in [2.75, 3.05) is 44.7 Å². The summed E-state index contributed by atoms with van der Waals surface area (Å²) in [6.45, 7) is 9.45. The quantitative estimate of drug-likeness (QED) is 0.501. The normalized spacial score (nSPS) is 22.0. The van der Waals surface area contributed by atoms with Crippen molar-refractivity contribution in [2.24, 2.45) is 5.92 Å². The van der Waals surface area contributed by atoms with Crippen molar-refractivity contribution in [3.8, 4) is 5.75 Å². The van der Waals surface area contributed by atoms with E-state index in [1.165, 1.54) is 13.2 Å². The van der Waals surface area contributed by atoms with E-state index in [4.69, 9.17) is 9.47 Å². The Balaban J connectivity index is 1.45. The molecule has 0 radical (unpaired) electrons. The fraction of sp³-hybridized carbons (Fsp3) is 0.696. The first-order chi connectivity index (χ1) is 15.6. The maximum absolute atomic E-state index is 14.5. The van der Waals surface area contributed by atoms with Crippen LogP contribution < -0.4 is 15.0 Å². The second kappa shape index (κ2) is 10.5. The van der Waals surface area contributed by atoms with Gasteiger partial charge in [-0.2, -0.15) is 0 Å². The van der Waals surface area contributed by atoms with Crippen LogP contribution in [-0.4, -0.2) is 67.4 Å². The lowest BCUT2D eigenvalue weighted by Gasteiger charge is -2.39. The molecule has 10 heteroatoms. The number of hydrogen-bond donors (Lipinski definition) is 1. The summed E-state index contributed by atoms with van der Waals surface area (Å²) < 4.78 is 25.0. The molecule has 0 spiro atoms. The monoisotopic (exact) mass is 466 g/mol. The molecular formula is C23H35FN4O5. The first kappa shape index (κ1) is 25.0. The molecule has 3 rings (SSSR count). The van der Waals surface area contributed by atoms with Gasteiger partial charge in [-0.05, 0) is 52.4 Å². The molecule has 1 amide bonds. The lowest BCUT2D eigenvalue weighted by molar-refractivity contribution is -0.385. The molecule has 1 aliphatic carbocycles. The van der Waals surface area contributed by atoms with Gasteiger partial charge in [0.2, 0.25) is 0 Å². The molecule has 9 nitrogen and oxygen atoms in total. The number of methoxy groups -OCH3 is 1. The summed E-state index contributed by atoms with van der Waals surface area (Å²) in [5, 5.41) is 14.1. The van der Waals surface area contributed by atoms with Crippen LogP contribution in [0.1, 0.15) is 46.5 Å². The zero-order chi connectivity index (χ0) is 24.2. The Morgan fingerprint density at radius 3 is 2.36 bits per heavy atom. The van der Waals surface area contributed by atoms with Crippen LogP contribution >= 0.6 is 0 Å². The van der Waals surface area contributed by atoms with Crippen molar-refractivity contribution in [3.63, 3.8) is 0 Å². The number of benzene rings is 1. The number of halogens is 1. The predicted octanol–water partition coefficient (Wildman–Crippen LogP) is 3.95. The van der Waals surface area contributed by atoms with Crippen molar-refractivity contribution < 1.29 is 23.6 Å². The van der Waals surface area contributed by atoms with Gasteiger partial charge in [-0.1, -0.05) is 0 Å². The third-order valence-electron chi connectivity index (χ3n) is 6.24. The third kappa shape index (κ3) is 6.93. The molecule has 0 aromatic heterocycles. The number of nitro benzene ring substituents is 1. The van der Waals surface area contributed by atoms with Crippen molar-refractivity contribution in [1.82, 2.24) is 10.2 Å². The van der Waals surface area contributed by atoms with Gasteiger partial charge in [0.05, 0.1) is 23.8 Å². The topological polar surface area (TPSA) is 97.2 Å². The number of anilines is 1. The number of carbonyl (C=O) groups excluding carboxylic acids is 1. The van der Waals surface area contributed by atoms with Gasteiger partial charge in [-0.15, -0.1) is 0 Å². The Hall–Kier alpha value is -2.62. The Morgan fingerprint density at radius 2 is 1.82 bits per heavy atom. The SMILES string of the molecule is COc1cc(N2CCN(CC3CCC(NC(=O)OC(C)(C)C)CC3)CC2)c(F)cc1[N+](=O)[O-]. The van der Waals surface area contributed by atoms with Crippen molar-refractivity contribution in [3.05, 3.63) is 28.1 Å². The standard InChI is InChI=1S/C23H35FN4O5/c1-23(2,3)33-22(29)25-17-7-5-16(6-8-17)15-26-9-11-27(12-10-26)19-14-21(32-4)20(28(30)31)13-18(19)24/h13-14,16-17H,5-12,15H2,1-4H3,(H,25,29). The number of nitro groups is 1. The fourth-order valence-corrected chi connectivity index (χ4v) is 4.58. The molecule has 184 valence electrons. The molecule has 1 heterocycles. The van der Waals surface area contributed by atoms with Crippen molar-refractivity contribution in [2.45, 2.75) is 58.1 Å². The van der Waals surface area contributed by atoms with Gasteiger partial charge in [0, 0.05) is 44.8 Å². The van der Waals surface area contributed by atoms with Gasteiger partial charge in [0.1, 0.15) is 5.60 Å². The van der Waals surface area contributed by atoms with Crippen LogP contribution in [0, 0.1) is 21.8 Å². The maximum atomic E-state index is 14.5. The van der Waals surface area contributed by atoms with Gasteiger partial charge < -0.3 is 19.7 Å². The number of piperazine rings is 1. The Bertz CT molecular complexity index is 844. The van der Waals surface area contributed by atoms with Gasteiger partial charge in [-0.3, -0.25) is 15.0 Å². The number of alkyl carbamates (subject to hydrolysis) is 1. The molecule has 1 aromatic carbocycles. The zero-order valence-corrected chi connectivity index (χ0v) is 19.9. The molecule has 0 atom stereocenters. The van der Waals surface area contributed by atoms with Crippen LogP contribution in [0.15, 0.2) is 12.1 Å². The van der Waals surface area contributed by atoms with Crippen LogP contribution in [0.5, 0.6) is 5.75 Å². The highest BCUT2D eigenvalue weighted by molar-refractivity contribution is 5.68. The molecule has 1 saturated carbocycles. The highest BCUT2D eigenvalue weighted by Crippen LogP contribution is 2.34. The van der Waals surface area contributed by atoms with Crippen LogP contribution in [0.3, 0.4) is 0 Å². The summed E-state index contributed by atoms with van der Waals surface area (Å²) in [7, 11) is 1.35. The van der Waals surface area contributed by atoms with Gasteiger partial charge in [-0.25, -0.2) is 9.18 Å². The number of ether oxygens (including phenoxy) is 2. The highest BCUT2D eigenvalue weighted by Gasteiger charge is 2.28. The molecule has 2 fully saturated rings. The molecule has 1 aromatic rings. The minimum Gasteiger partial charge on any atom is -0.490 e. The average Bonchev–Trinajstić information content (AvgIpc) is 2.74. The Kier molecular flexibility index (Phi) is 7.99. The maximum Gasteiger partial charge on any atom is 0.407 e. The summed E-state index contributed by atoms with van der Waals surface area (Å²) in [6, 6.07) is 2.51. The van der Waals surface area contributed by atoms with Gasteiger partial charge >= 0.3 is 11.8 Å². The van der Waals surface area contributed by atoms with E-state index in [1.54, 1.807) is 0 Å². The second-order valence-electron chi connectivity index (χ2n) is 9.88. The summed E-state index contributed by atoms with van der Waals surface area (Å²) >= 11 is 0. The van der Waals surface area contributed by atoms with Crippen LogP contribution in [0.4, 0.5) is 20.6 Å². The molecular weight excluding hydrogens is 431 g/mol. The molecule has 0 bridgehead atoms. The average molecular weight is 467 g/mol. The Morgan fingerprint density at radius 1 is 1.18 bits per heavy atom. The minimum absolute atomic E-state index is 0.0654. The fourth-order valence-electron chi connectivity index (χ4n) is 4.58. The number of rotatable bonds is 6. The van der Waals surface area contributed by atoms with Crippen LogP contribution in [0.25, 0.3) is 0 Å². The summed E-state index contributed by atoms with van der Waals surface area (Å²) in [4.78, 5) is 26.7. The van der Waals surface area contributed by atoms with Gasteiger partial charge in [0.15, 0.2) is 11.6 Å². The molecule has 33 heavy (non-hydrogen) atoms. The van der Waals surface area contributed by atoms with E-state index >= 15 is 0 Å². The van der Waals surface area contributed by atoms with Crippen LogP contribution in [-0.2, 0) is 4.74 Å². The van der Waals surface area contributed by atoms with E-state index in [9.17, 15) is 19.3 Å². The minimum atomic E-state index is -0.638. The molecule has 1 N–H and O–H groups in total. The first-order valence-electron chi connectivity index (χ1n) is 11.5. The van der Waals surface area contributed by atoms with E-state index in [-0.39, 0.29) is 23.6 Å². The zero-order valence-electron chi connectivity index (χ0n) is 19.9. The number of hydrogen-bond acceptors (Lipinski definition) is 7. The number of amides is 1. The summed E-state index contributed by atoms with van der Waals surface area (Å²) in [5.74, 6) is 0.0341. The van der Waals surface area contributed by atoms with E-state index in [0.29, 0.717) is 24.7 Å². The summed E-state index contributed by atoms with van der Waals surface area (Å²) in [6.07, 6.45) is 3.64. The van der Waals surface area contributed by atoms with Crippen LogP contribution in [0.2, 0.25) is 0 Å².